The summed E-state index contributed by atoms with van der Waals surface area (Å²) < 4.78 is 13.9. The number of nitrogens with one attached hydrogen (secondary N) is 1. The molecule has 9 nitrogen and oxygen atoms in total. The molecule has 2 aromatic rings. The number of carbonyl (C=O) groups excluding carboxylic acids is 3. The second kappa shape index (κ2) is 9.28. The number of carbonyl (C=O) groups is 3. The maximum Gasteiger partial charge on any atom is 0.335 e. The molecule has 0 aliphatic carbocycles. The standard InChI is InChI=1S/C23H31N3O6/c1-14(21(29)32-23(2,3)4)31-12-6-7-15-8-9-16-18(13-15)25(5)22(30)26(16)17-10-11-19(27)24-20(17)28/h8-9,13-14,17H,6-7,10-12H2,1-5H3,(H,24,27,28). The van der Waals surface area contributed by atoms with Gasteiger partial charge in [-0.05, 0) is 64.7 Å². The summed E-state index contributed by atoms with van der Waals surface area (Å²) in [6.07, 6.45) is 1.27. The first-order valence-electron chi connectivity index (χ1n) is 10.9. The average molecular weight is 446 g/mol. The Balaban J connectivity index is 1.66. The third-order valence-corrected chi connectivity index (χ3v) is 5.39. The molecule has 1 fully saturated rings. The summed E-state index contributed by atoms with van der Waals surface area (Å²) >= 11 is 0. The highest BCUT2D eigenvalue weighted by Gasteiger charge is 2.31. The van der Waals surface area contributed by atoms with E-state index in [4.69, 9.17) is 9.47 Å². The van der Waals surface area contributed by atoms with E-state index in [1.807, 2.05) is 39.0 Å². The van der Waals surface area contributed by atoms with Gasteiger partial charge in [0.15, 0.2) is 6.10 Å². The fraction of sp³-hybridized carbons (Fsp3) is 0.565. The number of esters is 1. The van der Waals surface area contributed by atoms with E-state index in [9.17, 15) is 19.2 Å². The number of ether oxygens (including phenoxy) is 2. The third kappa shape index (κ3) is 5.27. The quantitative estimate of drug-likeness (QED) is 0.397. The van der Waals surface area contributed by atoms with Gasteiger partial charge in [-0.15, -0.1) is 0 Å². The Labute approximate surface area is 186 Å². The van der Waals surface area contributed by atoms with Crippen molar-refractivity contribution in [2.75, 3.05) is 6.61 Å². The second-order valence-corrected chi connectivity index (χ2v) is 9.15. The molecule has 1 aromatic carbocycles. The number of piperidine rings is 1. The molecule has 2 atom stereocenters. The van der Waals surface area contributed by atoms with Crippen LogP contribution in [0.5, 0.6) is 0 Å². The normalized spacial score (nSPS) is 18.0. The van der Waals surface area contributed by atoms with Gasteiger partial charge in [0, 0.05) is 20.1 Å². The van der Waals surface area contributed by atoms with Crippen LogP contribution >= 0.6 is 0 Å². The Bertz CT molecular complexity index is 1090. The molecule has 9 heteroatoms. The lowest BCUT2D eigenvalue weighted by molar-refractivity contribution is -0.167. The van der Waals surface area contributed by atoms with Gasteiger partial charge in [0.2, 0.25) is 11.8 Å². The van der Waals surface area contributed by atoms with Gasteiger partial charge in [-0.3, -0.25) is 24.0 Å². The maximum absolute atomic E-state index is 12.8. The van der Waals surface area contributed by atoms with Gasteiger partial charge in [-0.1, -0.05) is 6.07 Å². The first-order valence-corrected chi connectivity index (χ1v) is 10.9. The van der Waals surface area contributed by atoms with Gasteiger partial charge in [0.25, 0.3) is 0 Å². The molecule has 0 bridgehead atoms. The third-order valence-electron chi connectivity index (χ3n) is 5.39. The molecule has 174 valence electrons. The van der Waals surface area contributed by atoms with Crippen LogP contribution in [0.3, 0.4) is 0 Å². The zero-order valence-electron chi connectivity index (χ0n) is 19.3. The lowest BCUT2D eigenvalue weighted by atomic mass is 10.1. The molecular weight excluding hydrogens is 414 g/mol. The van der Waals surface area contributed by atoms with Gasteiger partial charge < -0.3 is 9.47 Å². The van der Waals surface area contributed by atoms with Crippen molar-refractivity contribution in [3.8, 4) is 0 Å². The molecule has 0 radical (unpaired) electrons. The molecule has 3 rings (SSSR count). The Hall–Kier alpha value is -2.94. The van der Waals surface area contributed by atoms with E-state index in [1.165, 1.54) is 9.13 Å². The maximum atomic E-state index is 12.8. The number of nitrogens with zero attached hydrogens (tertiary/aromatic N) is 2. The SMILES string of the molecule is CC(OCCCc1ccc2c(c1)n(C)c(=O)n2C1CCC(=O)NC1=O)C(=O)OC(C)(C)C. The Morgan fingerprint density at radius 3 is 2.59 bits per heavy atom. The van der Waals surface area contributed by atoms with Crippen LogP contribution in [0.4, 0.5) is 0 Å². The molecule has 1 aliphatic heterocycles. The Morgan fingerprint density at radius 1 is 1.22 bits per heavy atom. The number of fused-ring (bicyclic) bond motifs is 1. The lowest BCUT2D eigenvalue weighted by Crippen LogP contribution is -2.44. The summed E-state index contributed by atoms with van der Waals surface area (Å²) in [5.74, 6) is -1.15. The number of hydrogen-bond donors (Lipinski definition) is 1. The van der Waals surface area contributed by atoms with Crippen molar-refractivity contribution in [1.82, 2.24) is 14.5 Å². The molecule has 1 aromatic heterocycles. The summed E-state index contributed by atoms with van der Waals surface area (Å²) in [5.41, 5.74) is 1.55. The fourth-order valence-corrected chi connectivity index (χ4v) is 3.78. The Kier molecular flexibility index (Phi) is 6.88. The summed E-state index contributed by atoms with van der Waals surface area (Å²) in [7, 11) is 1.67. The van der Waals surface area contributed by atoms with Crippen LogP contribution in [-0.2, 0) is 37.3 Å². The topological polar surface area (TPSA) is 109 Å². The summed E-state index contributed by atoms with van der Waals surface area (Å²) in [5, 5.41) is 2.31. The van der Waals surface area contributed by atoms with Crippen molar-refractivity contribution < 1.29 is 23.9 Å². The summed E-state index contributed by atoms with van der Waals surface area (Å²) in [6.45, 7) is 7.51. The van der Waals surface area contributed by atoms with Crippen LogP contribution in [0.2, 0.25) is 0 Å². The van der Waals surface area contributed by atoms with Gasteiger partial charge in [-0.2, -0.15) is 0 Å². The molecule has 0 saturated carbocycles. The van der Waals surface area contributed by atoms with Crippen molar-refractivity contribution >= 4 is 28.8 Å². The summed E-state index contributed by atoms with van der Waals surface area (Å²) in [4.78, 5) is 48.5. The van der Waals surface area contributed by atoms with Gasteiger partial charge in [0.1, 0.15) is 11.6 Å². The van der Waals surface area contributed by atoms with Crippen LogP contribution in [0, 0.1) is 0 Å². The number of amides is 2. The molecule has 0 spiro atoms. The van der Waals surface area contributed by atoms with Crippen molar-refractivity contribution in [2.45, 2.75) is 71.1 Å². The number of hydrogen-bond acceptors (Lipinski definition) is 6. The van der Waals surface area contributed by atoms with E-state index in [1.54, 1.807) is 14.0 Å². The van der Waals surface area contributed by atoms with Gasteiger partial charge >= 0.3 is 11.7 Å². The number of aryl methyl sites for hydroxylation is 2. The highest BCUT2D eigenvalue weighted by atomic mass is 16.6. The second-order valence-electron chi connectivity index (χ2n) is 9.15. The minimum atomic E-state index is -0.697. The molecule has 1 N–H and O–H groups in total. The largest absolute Gasteiger partial charge is 0.458 e. The molecule has 1 saturated heterocycles. The average Bonchev–Trinajstić information content (AvgIpc) is 2.94. The fourth-order valence-electron chi connectivity index (χ4n) is 3.78. The molecule has 2 amide bonds. The van der Waals surface area contributed by atoms with Crippen molar-refractivity contribution in [3.05, 3.63) is 34.2 Å². The van der Waals surface area contributed by atoms with Crippen LogP contribution in [0.25, 0.3) is 11.0 Å². The Morgan fingerprint density at radius 2 is 1.94 bits per heavy atom. The lowest BCUT2D eigenvalue weighted by Gasteiger charge is -2.22. The first-order chi connectivity index (χ1) is 15.0. The van der Waals surface area contributed by atoms with E-state index in [0.717, 1.165) is 11.1 Å². The van der Waals surface area contributed by atoms with E-state index in [-0.39, 0.29) is 24.0 Å². The number of aromatic nitrogens is 2. The van der Waals surface area contributed by atoms with Crippen LogP contribution in [0.15, 0.2) is 23.0 Å². The predicted octanol–water partition coefficient (Wildman–Crippen LogP) is 2.00. The monoisotopic (exact) mass is 445 g/mol. The highest BCUT2D eigenvalue weighted by molar-refractivity contribution is 6.00. The van der Waals surface area contributed by atoms with Crippen molar-refractivity contribution in [2.24, 2.45) is 7.05 Å². The van der Waals surface area contributed by atoms with E-state index < -0.39 is 23.7 Å². The van der Waals surface area contributed by atoms with Crippen molar-refractivity contribution in [1.29, 1.82) is 0 Å². The number of rotatable bonds is 7. The van der Waals surface area contributed by atoms with E-state index in [2.05, 4.69) is 5.32 Å². The smallest absolute Gasteiger partial charge is 0.335 e. The zero-order valence-corrected chi connectivity index (χ0v) is 19.3. The number of benzene rings is 1. The molecule has 2 heterocycles. The molecule has 1 aliphatic rings. The van der Waals surface area contributed by atoms with E-state index >= 15 is 0 Å². The molecule has 32 heavy (non-hydrogen) atoms. The van der Waals surface area contributed by atoms with Crippen LogP contribution in [-0.4, -0.2) is 45.2 Å². The van der Waals surface area contributed by atoms with Crippen molar-refractivity contribution in [3.63, 3.8) is 0 Å². The van der Waals surface area contributed by atoms with Gasteiger partial charge in [-0.25, -0.2) is 9.59 Å². The summed E-state index contributed by atoms with van der Waals surface area (Å²) in [6, 6.07) is 4.98. The van der Waals surface area contributed by atoms with Crippen LogP contribution in [0.1, 0.15) is 58.6 Å². The first kappa shape index (κ1) is 23.7. The number of imidazole rings is 1. The minimum absolute atomic E-state index is 0.207. The van der Waals surface area contributed by atoms with Gasteiger partial charge in [0.05, 0.1) is 11.0 Å². The van der Waals surface area contributed by atoms with E-state index in [0.29, 0.717) is 31.4 Å². The molecule has 2 unspecified atom stereocenters. The number of imide groups is 1. The molecular formula is C23H31N3O6. The van der Waals surface area contributed by atoms with Crippen LogP contribution < -0.4 is 11.0 Å². The highest BCUT2D eigenvalue weighted by Crippen LogP contribution is 2.24. The minimum Gasteiger partial charge on any atom is -0.458 e. The zero-order chi connectivity index (χ0) is 23.6. The predicted molar refractivity (Wildman–Crippen MR) is 118 cm³/mol.